The summed E-state index contributed by atoms with van der Waals surface area (Å²) in [5, 5.41) is 15.2. The van der Waals surface area contributed by atoms with E-state index >= 15 is 0 Å². The van der Waals surface area contributed by atoms with Crippen molar-refractivity contribution in [2.75, 3.05) is 41.0 Å². The van der Waals surface area contributed by atoms with Gasteiger partial charge in [0.05, 0.1) is 38.3 Å². The first-order valence-corrected chi connectivity index (χ1v) is 13.0. The SMILES string of the molecule is CCCCCCCC(C)(CC(C)(CC(C)C)C(=O)OC)C(=O)OC.CN1CCCC1=O.OCCO. The molecule has 2 unspecified atom stereocenters. The van der Waals surface area contributed by atoms with Gasteiger partial charge in [-0.3, -0.25) is 14.4 Å². The number of unbranched alkanes of at least 4 members (excludes halogenated alkanes) is 4. The van der Waals surface area contributed by atoms with Crippen molar-refractivity contribution in [1.29, 1.82) is 0 Å². The molecule has 1 saturated heterocycles. The maximum absolute atomic E-state index is 12.5. The molecule has 0 aliphatic carbocycles. The smallest absolute Gasteiger partial charge is 0.311 e. The van der Waals surface area contributed by atoms with Gasteiger partial charge in [0.1, 0.15) is 0 Å². The summed E-state index contributed by atoms with van der Waals surface area (Å²) in [6.07, 6.45) is 9.41. The maximum atomic E-state index is 12.5. The van der Waals surface area contributed by atoms with Gasteiger partial charge in [0, 0.05) is 20.0 Å². The van der Waals surface area contributed by atoms with Crippen LogP contribution in [-0.2, 0) is 23.9 Å². The van der Waals surface area contributed by atoms with Gasteiger partial charge < -0.3 is 24.6 Å². The minimum atomic E-state index is -0.671. The van der Waals surface area contributed by atoms with Gasteiger partial charge in [0.2, 0.25) is 5.91 Å². The summed E-state index contributed by atoms with van der Waals surface area (Å²) in [6, 6.07) is 0. The predicted molar refractivity (Wildman–Crippen MR) is 139 cm³/mol. The fraction of sp³-hybridized carbons (Fsp3) is 0.889. The van der Waals surface area contributed by atoms with E-state index in [1.807, 2.05) is 20.9 Å². The van der Waals surface area contributed by atoms with E-state index in [4.69, 9.17) is 19.7 Å². The van der Waals surface area contributed by atoms with E-state index in [2.05, 4.69) is 20.8 Å². The van der Waals surface area contributed by atoms with Crippen LogP contribution in [0.2, 0.25) is 0 Å². The molecule has 1 fully saturated rings. The third kappa shape index (κ3) is 15.1. The minimum absolute atomic E-state index is 0.125. The van der Waals surface area contributed by atoms with E-state index in [-0.39, 0.29) is 25.2 Å². The van der Waals surface area contributed by atoms with Crippen molar-refractivity contribution < 1.29 is 34.1 Å². The van der Waals surface area contributed by atoms with Gasteiger partial charge >= 0.3 is 11.9 Å². The molecule has 0 spiro atoms. The summed E-state index contributed by atoms with van der Waals surface area (Å²) >= 11 is 0. The number of likely N-dealkylation sites (tertiary alicyclic amines) is 1. The van der Waals surface area contributed by atoms with E-state index < -0.39 is 10.8 Å². The maximum Gasteiger partial charge on any atom is 0.311 e. The third-order valence-corrected chi connectivity index (χ3v) is 6.24. The Morgan fingerprint density at radius 3 is 1.83 bits per heavy atom. The number of carbonyl (C=O) groups excluding carboxylic acids is 3. The van der Waals surface area contributed by atoms with Crippen molar-refractivity contribution in [2.45, 2.75) is 98.8 Å². The summed E-state index contributed by atoms with van der Waals surface area (Å²) in [5.74, 6) is 0.176. The summed E-state index contributed by atoms with van der Waals surface area (Å²) < 4.78 is 10.1. The first kappa shape index (κ1) is 35.5. The highest BCUT2D eigenvalue weighted by atomic mass is 16.5. The monoisotopic (exact) mass is 503 g/mol. The predicted octanol–water partition coefficient (Wildman–Crippen LogP) is 4.35. The third-order valence-electron chi connectivity index (χ3n) is 6.24. The zero-order valence-corrected chi connectivity index (χ0v) is 23.7. The zero-order valence-electron chi connectivity index (χ0n) is 23.7. The van der Waals surface area contributed by atoms with Gasteiger partial charge in [-0.25, -0.2) is 0 Å². The van der Waals surface area contributed by atoms with Crippen LogP contribution in [0, 0.1) is 16.7 Å². The van der Waals surface area contributed by atoms with Crippen LogP contribution in [0.3, 0.4) is 0 Å². The van der Waals surface area contributed by atoms with E-state index in [0.29, 0.717) is 24.7 Å². The number of esters is 2. The Kier molecular flexibility index (Phi) is 19.8. The lowest BCUT2D eigenvalue weighted by molar-refractivity contribution is -0.162. The van der Waals surface area contributed by atoms with Crippen molar-refractivity contribution in [3.8, 4) is 0 Å². The fourth-order valence-corrected chi connectivity index (χ4v) is 4.65. The van der Waals surface area contributed by atoms with Gasteiger partial charge in [-0.1, -0.05) is 52.9 Å². The number of hydrogen-bond donors (Lipinski definition) is 2. The highest BCUT2D eigenvalue weighted by Crippen LogP contribution is 2.43. The number of ether oxygens (including phenoxy) is 2. The Balaban J connectivity index is 0. The van der Waals surface area contributed by atoms with Crippen molar-refractivity contribution >= 4 is 17.8 Å². The fourth-order valence-electron chi connectivity index (χ4n) is 4.65. The van der Waals surface area contributed by atoms with Crippen molar-refractivity contribution in [1.82, 2.24) is 4.90 Å². The molecule has 35 heavy (non-hydrogen) atoms. The molecule has 1 aliphatic heterocycles. The molecule has 8 heteroatoms. The molecule has 1 aliphatic rings. The molecule has 1 heterocycles. The first-order chi connectivity index (χ1) is 16.4. The molecule has 0 aromatic rings. The Labute approximate surface area is 213 Å². The number of amides is 1. The zero-order chi connectivity index (χ0) is 27.5. The summed E-state index contributed by atoms with van der Waals surface area (Å²) in [4.78, 5) is 37.1. The first-order valence-electron chi connectivity index (χ1n) is 13.0. The number of nitrogens with zero attached hydrogens (tertiary/aromatic N) is 1. The molecule has 0 bridgehead atoms. The highest BCUT2D eigenvalue weighted by molar-refractivity contribution is 5.80. The second-order valence-corrected chi connectivity index (χ2v) is 10.4. The molecular formula is C27H53NO7. The van der Waals surface area contributed by atoms with Gasteiger partial charge in [0.25, 0.3) is 0 Å². The average Bonchev–Trinajstić information content (AvgIpc) is 3.19. The van der Waals surface area contributed by atoms with E-state index in [1.54, 1.807) is 4.90 Å². The number of carbonyl (C=O) groups is 3. The number of hydrogen-bond acceptors (Lipinski definition) is 7. The normalized spacial score (nSPS) is 16.3. The van der Waals surface area contributed by atoms with Crippen molar-refractivity contribution in [3.05, 3.63) is 0 Å². The van der Waals surface area contributed by atoms with Crippen LogP contribution in [0.15, 0.2) is 0 Å². The largest absolute Gasteiger partial charge is 0.469 e. The van der Waals surface area contributed by atoms with Crippen LogP contribution in [0.5, 0.6) is 0 Å². The molecule has 0 aromatic heterocycles. The van der Waals surface area contributed by atoms with E-state index in [1.165, 1.54) is 33.5 Å². The summed E-state index contributed by atoms with van der Waals surface area (Å²) in [5.41, 5.74) is -1.33. The summed E-state index contributed by atoms with van der Waals surface area (Å²) in [6.45, 7) is 10.9. The molecule has 1 amide bonds. The Morgan fingerprint density at radius 1 is 0.971 bits per heavy atom. The standard InChI is InChI=1S/C20H38O4.C5H9NO.C2H6O2/c1-8-9-10-11-12-13-19(4,17(21)23-6)15-20(5,14-16(2)3)18(22)24-7;1-6-4-2-3-5(6)7;3-1-2-4/h16H,8-15H2,1-7H3;2-4H2,1H3;3-4H,1-2H2. The van der Waals surface area contributed by atoms with Crippen LogP contribution in [0.25, 0.3) is 0 Å². The number of rotatable bonds is 13. The van der Waals surface area contributed by atoms with Crippen LogP contribution >= 0.6 is 0 Å². The number of aliphatic hydroxyl groups is 2. The Morgan fingerprint density at radius 2 is 1.49 bits per heavy atom. The molecule has 8 nitrogen and oxygen atoms in total. The summed E-state index contributed by atoms with van der Waals surface area (Å²) in [7, 11) is 4.69. The second kappa shape index (κ2) is 19.5. The quantitative estimate of drug-likeness (QED) is 0.284. The highest BCUT2D eigenvalue weighted by Gasteiger charge is 2.45. The topological polar surface area (TPSA) is 113 Å². The molecule has 208 valence electrons. The molecular weight excluding hydrogens is 450 g/mol. The minimum Gasteiger partial charge on any atom is -0.469 e. The average molecular weight is 504 g/mol. The van der Waals surface area contributed by atoms with Crippen LogP contribution < -0.4 is 0 Å². The van der Waals surface area contributed by atoms with Crippen LogP contribution in [-0.4, -0.2) is 74.0 Å². The lowest BCUT2D eigenvalue weighted by Crippen LogP contribution is -2.40. The Hall–Kier alpha value is -1.67. The lowest BCUT2D eigenvalue weighted by atomic mass is 9.67. The molecule has 0 aromatic carbocycles. The van der Waals surface area contributed by atoms with Crippen LogP contribution in [0.1, 0.15) is 98.8 Å². The van der Waals surface area contributed by atoms with Crippen LogP contribution in [0.4, 0.5) is 0 Å². The molecule has 2 atom stereocenters. The molecule has 0 saturated carbocycles. The lowest BCUT2D eigenvalue weighted by Gasteiger charge is -2.37. The number of methoxy groups -OCH3 is 2. The van der Waals surface area contributed by atoms with E-state index in [9.17, 15) is 14.4 Å². The van der Waals surface area contributed by atoms with Crippen molar-refractivity contribution in [2.24, 2.45) is 16.7 Å². The molecule has 1 rings (SSSR count). The van der Waals surface area contributed by atoms with Gasteiger partial charge in [0.15, 0.2) is 0 Å². The molecule has 2 N–H and O–H groups in total. The Bertz CT molecular complexity index is 594. The van der Waals surface area contributed by atoms with Gasteiger partial charge in [-0.15, -0.1) is 0 Å². The van der Waals surface area contributed by atoms with Gasteiger partial charge in [-0.05, 0) is 45.4 Å². The van der Waals surface area contributed by atoms with Crippen molar-refractivity contribution in [3.63, 3.8) is 0 Å². The molecule has 0 radical (unpaired) electrons. The second-order valence-electron chi connectivity index (χ2n) is 10.4. The van der Waals surface area contributed by atoms with E-state index in [0.717, 1.165) is 38.6 Å². The van der Waals surface area contributed by atoms with Gasteiger partial charge in [-0.2, -0.15) is 0 Å². The number of aliphatic hydroxyl groups excluding tert-OH is 2.